The molecular formula is C14H20O4. The van der Waals surface area contributed by atoms with Crippen LogP contribution in [0.25, 0.3) is 0 Å². The number of hydrogen-bond acceptors (Lipinski definition) is 4. The summed E-state index contributed by atoms with van der Waals surface area (Å²) in [5.74, 6) is 0.559. The zero-order valence-electron chi connectivity index (χ0n) is 11.1. The van der Waals surface area contributed by atoms with Crippen LogP contribution in [0, 0.1) is 6.92 Å². The number of rotatable bonds is 6. The van der Waals surface area contributed by atoms with E-state index in [-0.39, 0.29) is 5.97 Å². The topological polar surface area (TPSA) is 55.8 Å². The predicted octanol–water partition coefficient (Wildman–Crippen LogP) is 2.38. The van der Waals surface area contributed by atoms with Gasteiger partial charge in [0.1, 0.15) is 5.75 Å². The predicted molar refractivity (Wildman–Crippen MR) is 68.6 cm³/mol. The maximum absolute atomic E-state index is 10.9. The Morgan fingerprint density at radius 3 is 2.72 bits per heavy atom. The number of aliphatic hydroxyl groups excluding tert-OH is 1. The summed E-state index contributed by atoms with van der Waals surface area (Å²) in [6.07, 6.45) is 0.517. The average Bonchev–Trinajstić information content (AvgIpc) is 2.35. The van der Waals surface area contributed by atoms with Crippen molar-refractivity contribution in [3.05, 3.63) is 29.3 Å². The van der Waals surface area contributed by atoms with Crippen molar-refractivity contribution < 1.29 is 19.4 Å². The summed E-state index contributed by atoms with van der Waals surface area (Å²) in [6, 6.07) is 5.59. The molecule has 0 unspecified atom stereocenters. The van der Waals surface area contributed by atoms with Gasteiger partial charge in [-0.15, -0.1) is 0 Å². The Labute approximate surface area is 108 Å². The molecular weight excluding hydrogens is 232 g/mol. The highest BCUT2D eigenvalue weighted by molar-refractivity contribution is 5.69. The molecule has 0 radical (unpaired) electrons. The SMILES string of the molecule is COC(=O)CCCOc1ccc([C@H](C)O)cc1C. The first-order valence-corrected chi connectivity index (χ1v) is 6.03. The molecule has 4 nitrogen and oxygen atoms in total. The number of hydrogen-bond donors (Lipinski definition) is 1. The van der Waals surface area contributed by atoms with Crippen LogP contribution in [0.5, 0.6) is 5.75 Å². The molecule has 0 heterocycles. The van der Waals surface area contributed by atoms with E-state index in [2.05, 4.69) is 4.74 Å². The zero-order valence-corrected chi connectivity index (χ0v) is 11.1. The van der Waals surface area contributed by atoms with Crippen LogP contribution in [0.3, 0.4) is 0 Å². The lowest BCUT2D eigenvalue weighted by molar-refractivity contribution is -0.140. The Morgan fingerprint density at radius 2 is 2.17 bits per heavy atom. The number of aryl methyl sites for hydroxylation is 1. The van der Waals surface area contributed by atoms with Gasteiger partial charge in [-0.3, -0.25) is 4.79 Å². The molecule has 1 N–H and O–H groups in total. The van der Waals surface area contributed by atoms with Crippen LogP contribution in [0.15, 0.2) is 18.2 Å². The van der Waals surface area contributed by atoms with E-state index in [0.29, 0.717) is 19.4 Å². The van der Waals surface area contributed by atoms with Gasteiger partial charge in [0.15, 0.2) is 0 Å². The van der Waals surface area contributed by atoms with Gasteiger partial charge in [0.05, 0.1) is 19.8 Å². The quantitative estimate of drug-likeness (QED) is 0.624. The molecule has 0 amide bonds. The summed E-state index contributed by atoms with van der Waals surface area (Å²) < 4.78 is 10.1. The molecule has 0 aliphatic heterocycles. The third kappa shape index (κ3) is 4.37. The smallest absolute Gasteiger partial charge is 0.305 e. The van der Waals surface area contributed by atoms with Crippen LogP contribution in [0.2, 0.25) is 0 Å². The summed E-state index contributed by atoms with van der Waals surface area (Å²) in [5.41, 5.74) is 1.85. The molecule has 100 valence electrons. The molecule has 1 rings (SSSR count). The Bertz CT molecular complexity index is 399. The van der Waals surface area contributed by atoms with Gasteiger partial charge in [-0.2, -0.15) is 0 Å². The molecule has 0 aliphatic rings. The number of aliphatic hydroxyl groups is 1. The van der Waals surface area contributed by atoms with Crippen LogP contribution in [0.1, 0.15) is 37.0 Å². The maximum atomic E-state index is 10.9. The summed E-state index contributed by atoms with van der Waals surface area (Å²) in [7, 11) is 1.38. The van der Waals surface area contributed by atoms with Gasteiger partial charge < -0.3 is 14.6 Å². The van der Waals surface area contributed by atoms with E-state index in [1.54, 1.807) is 6.92 Å². The minimum absolute atomic E-state index is 0.222. The van der Waals surface area contributed by atoms with Crippen LogP contribution in [-0.2, 0) is 9.53 Å². The molecule has 4 heteroatoms. The van der Waals surface area contributed by atoms with E-state index in [1.807, 2.05) is 25.1 Å². The Balaban J connectivity index is 2.45. The van der Waals surface area contributed by atoms with E-state index < -0.39 is 6.10 Å². The van der Waals surface area contributed by atoms with Gasteiger partial charge in [0.2, 0.25) is 0 Å². The number of benzene rings is 1. The largest absolute Gasteiger partial charge is 0.493 e. The highest BCUT2D eigenvalue weighted by Gasteiger charge is 2.05. The molecule has 1 aromatic rings. The number of methoxy groups -OCH3 is 1. The third-order valence-electron chi connectivity index (χ3n) is 2.69. The monoisotopic (exact) mass is 252 g/mol. The minimum atomic E-state index is -0.475. The lowest BCUT2D eigenvalue weighted by atomic mass is 10.1. The summed E-state index contributed by atoms with van der Waals surface area (Å²) in [4.78, 5) is 10.9. The number of esters is 1. The summed E-state index contributed by atoms with van der Waals surface area (Å²) in [5, 5.41) is 9.45. The number of carbonyl (C=O) groups is 1. The van der Waals surface area contributed by atoms with E-state index in [9.17, 15) is 9.90 Å². The molecule has 0 aromatic heterocycles. The number of ether oxygens (including phenoxy) is 2. The fraction of sp³-hybridized carbons (Fsp3) is 0.500. The number of carbonyl (C=O) groups excluding carboxylic acids is 1. The van der Waals surface area contributed by atoms with Crippen molar-refractivity contribution in [2.24, 2.45) is 0 Å². The zero-order chi connectivity index (χ0) is 13.5. The molecule has 18 heavy (non-hydrogen) atoms. The highest BCUT2D eigenvalue weighted by atomic mass is 16.5. The van der Waals surface area contributed by atoms with Crippen molar-refractivity contribution in [2.45, 2.75) is 32.8 Å². The van der Waals surface area contributed by atoms with E-state index in [4.69, 9.17) is 4.74 Å². The van der Waals surface area contributed by atoms with E-state index in [1.165, 1.54) is 7.11 Å². The average molecular weight is 252 g/mol. The van der Waals surface area contributed by atoms with Crippen molar-refractivity contribution >= 4 is 5.97 Å². The molecule has 0 saturated carbocycles. The molecule has 1 aromatic carbocycles. The minimum Gasteiger partial charge on any atom is -0.493 e. The van der Waals surface area contributed by atoms with Gasteiger partial charge in [0, 0.05) is 6.42 Å². The van der Waals surface area contributed by atoms with Crippen molar-refractivity contribution in [3.8, 4) is 5.75 Å². The van der Waals surface area contributed by atoms with Gasteiger partial charge in [-0.1, -0.05) is 6.07 Å². The van der Waals surface area contributed by atoms with E-state index >= 15 is 0 Å². The second-order valence-electron chi connectivity index (χ2n) is 4.23. The fourth-order valence-corrected chi connectivity index (χ4v) is 1.60. The fourth-order valence-electron chi connectivity index (χ4n) is 1.60. The van der Waals surface area contributed by atoms with Gasteiger partial charge in [-0.05, 0) is 43.5 Å². The normalized spacial score (nSPS) is 12.0. The maximum Gasteiger partial charge on any atom is 0.305 e. The first kappa shape index (κ1) is 14.5. The molecule has 0 spiro atoms. The van der Waals surface area contributed by atoms with Crippen LogP contribution in [-0.4, -0.2) is 24.8 Å². The molecule has 1 atom stereocenters. The lowest BCUT2D eigenvalue weighted by Crippen LogP contribution is -2.05. The first-order valence-electron chi connectivity index (χ1n) is 6.03. The highest BCUT2D eigenvalue weighted by Crippen LogP contribution is 2.22. The second-order valence-corrected chi connectivity index (χ2v) is 4.23. The van der Waals surface area contributed by atoms with Crippen molar-refractivity contribution in [3.63, 3.8) is 0 Å². The Hall–Kier alpha value is -1.55. The first-order chi connectivity index (χ1) is 8.54. The second kappa shape index (κ2) is 7.01. The standard InChI is InChI=1S/C14H20O4/c1-10-9-12(11(2)15)6-7-13(10)18-8-4-5-14(16)17-3/h6-7,9,11,15H,4-5,8H2,1-3H3/t11-/m0/s1. The Morgan fingerprint density at radius 1 is 1.44 bits per heavy atom. The summed E-state index contributed by atoms with van der Waals surface area (Å²) in [6.45, 7) is 4.14. The van der Waals surface area contributed by atoms with Crippen molar-refractivity contribution in [2.75, 3.05) is 13.7 Å². The summed E-state index contributed by atoms with van der Waals surface area (Å²) >= 11 is 0. The van der Waals surface area contributed by atoms with E-state index in [0.717, 1.165) is 16.9 Å². The lowest BCUT2D eigenvalue weighted by Gasteiger charge is -2.11. The van der Waals surface area contributed by atoms with Crippen molar-refractivity contribution in [1.29, 1.82) is 0 Å². The van der Waals surface area contributed by atoms with Crippen molar-refractivity contribution in [1.82, 2.24) is 0 Å². The van der Waals surface area contributed by atoms with Gasteiger partial charge >= 0.3 is 5.97 Å². The van der Waals surface area contributed by atoms with Crippen LogP contribution in [0.4, 0.5) is 0 Å². The van der Waals surface area contributed by atoms with Gasteiger partial charge in [0.25, 0.3) is 0 Å². The molecule has 0 saturated heterocycles. The molecule has 0 fully saturated rings. The van der Waals surface area contributed by atoms with Crippen LogP contribution < -0.4 is 4.74 Å². The molecule has 0 aliphatic carbocycles. The van der Waals surface area contributed by atoms with Gasteiger partial charge in [-0.25, -0.2) is 0 Å². The van der Waals surface area contributed by atoms with Crippen LogP contribution >= 0.6 is 0 Å². The Kier molecular flexibility index (Phi) is 5.65. The third-order valence-corrected chi connectivity index (χ3v) is 2.69. The molecule has 0 bridgehead atoms.